The molecule has 2 aromatic heterocycles. The highest BCUT2D eigenvalue weighted by molar-refractivity contribution is 7.99. The van der Waals surface area contributed by atoms with Crippen LogP contribution in [0.15, 0.2) is 52.6 Å². The van der Waals surface area contributed by atoms with E-state index in [1.807, 2.05) is 24.4 Å². The van der Waals surface area contributed by atoms with Gasteiger partial charge < -0.3 is 5.32 Å². The fraction of sp³-hybridized carbons (Fsp3) is 0.235. The number of nitrogens with one attached hydrogen (secondary N) is 1. The second-order valence-corrected chi connectivity index (χ2v) is 9.08. The van der Waals surface area contributed by atoms with Gasteiger partial charge in [0.2, 0.25) is 15.9 Å². The lowest BCUT2D eigenvalue weighted by atomic mass is 10.2. The van der Waals surface area contributed by atoms with Crippen molar-refractivity contribution in [3.8, 4) is 0 Å². The Morgan fingerprint density at radius 1 is 1.22 bits per heavy atom. The van der Waals surface area contributed by atoms with E-state index in [1.54, 1.807) is 23.5 Å². The Bertz CT molecular complexity index is 1090. The number of fused-ring (bicyclic) bond motifs is 1. The van der Waals surface area contributed by atoms with Crippen LogP contribution in [0.3, 0.4) is 0 Å². The van der Waals surface area contributed by atoms with Crippen LogP contribution in [0.1, 0.15) is 5.56 Å². The van der Waals surface area contributed by atoms with Gasteiger partial charge in [-0.2, -0.15) is 0 Å². The summed E-state index contributed by atoms with van der Waals surface area (Å²) >= 11 is 1.25. The highest BCUT2D eigenvalue weighted by atomic mass is 32.2. The summed E-state index contributed by atoms with van der Waals surface area (Å²) < 4.78 is 27.7. The third kappa shape index (κ3) is 4.12. The van der Waals surface area contributed by atoms with Gasteiger partial charge in [0.25, 0.3) is 0 Å². The Kier molecular flexibility index (Phi) is 5.49. The predicted molar refractivity (Wildman–Crippen MR) is 104 cm³/mol. The van der Waals surface area contributed by atoms with E-state index < -0.39 is 10.0 Å². The minimum atomic E-state index is -3.58. The van der Waals surface area contributed by atoms with E-state index in [2.05, 4.69) is 15.5 Å². The molecule has 3 rings (SSSR count). The van der Waals surface area contributed by atoms with Crippen molar-refractivity contribution >= 4 is 39.0 Å². The number of benzene rings is 1. The van der Waals surface area contributed by atoms with Crippen LogP contribution in [-0.4, -0.2) is 53.1 Å². The third-order valence-corrected chi connectivity index (χ3v) is 6.75. The van der Waals surface area contributed by atoms with Crippen LogP contribution in [0.2, 0.25) is 0 Å². The van der Waals surface area contributed by atoms with E-state index in [9.17, 15) is 13.2 Å². The maximum Gasteiger partial charge on any atom is 0.242 e. The van der Waals surface area contributed by atoms with Crippen molar-refractivity contribution in [2.45, 2.75) is 17.0 Å². The molecule has 2 heterocycles. The summed E-state index contributed by atoms with van der Waals surface area (Å²) in [5.41, 5.74) is 1.75. The van der Waals surface area contributed by atoms with Gasteiger partial charge in [-0.25, -0.2) is 12.7 Å². The fourth-order valence-electron chi connectivity index (χ4n) is 2.40. The second-order valence-electron chi connectivity index (χ2n) is 6.02. The Balaban J connectivity index is 1.71. The van der Waals surface area contributed by atoms with Crippen LogP contribution in [0.25, 0.3) is 5.65 Å². The maximum absolute atomic E-state index is 12.4. The lowest BCUT2D eigenvalue weighted by Crippen LogP contribution is -2.23. The van der Waals surface area contributed by atoms with Crippen molar-refractivity contribution in [3.63, 3.8) is 0 Å². The first kappa shape index (κ1) is 19.3. The van der Waals surface area contributed by atoms with Gasteiger partial charge in [-0.3, -0.25) is 9.20 Å². The van der Waals surface area contributed by atoms with E-state index in [1.165, 1.54) is 31.9 Å². The standard InChI is InChI=1S/C17H19N5O3S2/c1-12-7-8-13(10-14(12)27(24,25)21(2)3)18-16(23)11-26-17-20-19-15-6-4-5-9-22(15)17/h4-10H,11H2,1-3H3,(H,18,23). The average Bonchev–Trinajstić information content (AvgIpc) is 3.04. The van der Waals surface area contributed by atoms with Crippen LogP contribution >= 0.6 is 11.8 Å². The Morgan fingerprint density at radius 3 is 2.74 bits per heavy atom. The molecule has 0 radical (unpaired) electrons. The molecule has 1 aromatic carbocycles. The monoisotopic (exact) mass is 405 g/mol. The highest BCUT2D eigenvalue weighted by Crippen LogP contribution is 2.23. The lowest BCUT2D eigenvalue weighted by Gasteiger charge is -2.15. The Morgan fingerprint density at radius 2 is 2.00 bits per heavy atom. The molecule has 0 saturated carbocycles. The first-order valence-corrected chi connectivity index (χ1v) is 10.5. The smallest absolute Gasteiger partial charge is 0.242 e. The van der Waals surface area contributed by atoms with Gasteiger partial charge >= 0.3 is 0 Å². The first-order valence-electron chi connectivity index (χ1n) is 8.04. The molecule has 0 fully saturated rings. The number of carbonyl (C=O) groups is 1. The number of anilines is 1. The zero-order valence-electron chi connectivity index (χ0n) is 15.1. The SMILES string of the molecule is Cc1ccc(NC(=O)CSc2nnc3ccccn23)cc1S(=O)(=O)N(C)C. The van der Waals surface area contributed by atoms with Crippen LogP contribution in [0.4, 0.5) is 5.69 Å². The van der Waals surface area contributed by atoms with Crippen LogP contribution in [-0.2, 0) is 14.8 Å². The summed E-state index contributed by atoms with van der Waals surface area (Å²) in [6.45, 7) is 1.72. The molecule has 0 aliphatic rings. The summed E-state index contributed by atoms with van der Waals surface area (Å²) in [7, 11) is -0.639. The minimum absolute atomic E-state index is 0.124. The molecule has 0 aliphatic heterocycles. The molecule has 0 unspecified atom stereocenters. The summed E-state index contributed by atoms with van der Waals surface area (Å²) in [6.07, 6.45) is 1.83. The zero-order chi connectivity index (χ0) is 19.6. The van der Waals surface area contributed by atoms with Crippen molar-refractivity contribution in [1.29, 1.82) is 0 Å². The van der Waals surface area contributed by atoms with Crippen molar-refractivity contribution in [1.82, 2.24) is 18.9 Å². The van der Waals surface area contributed by atoms with Gasteiger partial charge in [0.1, 0.15) is 0 Å². The highest BCUT2D eigenvalue weighted by Gasteiger charge is 2.20. The quantitative estimate of drug-likeness (QED) is 0.630. The number of thioether (sulfide) groups is 1. The minimum Gasteiger partial charge on any atom is -0.325 e. The topological polar surface area (TPSA) is 96.7 Å². The number of rotatable bonds is 6. The molecule has 1 N–H and O–H groups in total. The molecule has 0 bridgehead atoms. The number of aryl methyl sites for hydroxylation is 1. The van der Waals surface area contributed by atoms with Crippen molar-refractivity contribution in [3.05, 3.63) is 48.2 Å². The summed E-state index contributed by atoms with van der Waals surface area (Å²) in [5, 5.41) is 11.4. The number of nitrogens with zero attached hydrogens (tertiary/aromatic N) is 4. The Hall–Kier alpha value is -2.43. The molecule has 142 valence electrons. The number of pyridine rings is 1. The van der Waals surface area contributed by atoms with Gasteiger partial charge in [-0.1, -0.05) is 23.9 Å². The van der Waals surface area contributed by atoms with Crippen molar-refractivity contribution in [2.24, 2.45) is 0 Å². The fourth-order valence-corrected chi connectivity index (χ4v) is 4.27. The number of hydrogen-bond donors (Lipinski definition) is 1. The molecule has 0 saturated heterocycles. The molecular formula is C17H19N5O3S2. The first-order chi connectivity index (χ1) is 12.8. The number of amides is 1. The molecule has 1 amide bonds. The molecule has 0 atom stereocenters. The second kappa shape index (κ2) is 7.67. The predicted octanol–water partition coefficient (Wildman–Crippen LogP) is 2.02. The largest absolute Gasteiger partial charge is 0.325 e. The van der Waals surface area contributed by atoms with Gasteiger partial charge in [-0.15, -0.1) is 10.2 Å². The number of sulfonamides is 1. The van der Waals surface area contributed by atoms with Crippen LogP contribution in [0, 0.1) is 6.92 Å². The number of aromatic nitrogens is 3. The molecular weight excluding hydrogens is 386 g/mol. The van der Waals surface area contributed by atoms with Gasteiger partial charge in [-0.05, 0) is 36.8 Å². The molecule has 0 aliphatic carbocycles. The van der Waals surface area contributed by atoms with E-state index in [0.29, 0.717) is 22.1 Å². The molecule has 3 aromatic rings. The van der Waals surface area contributed by atoms with Gasteiger partial charge in [0.05, 0.1) is 10.6 Å². The average molecular weight is 406 g/mol. The molecule has 27 heavy (non-hydrogen) atoms. The lowest BCUT2D eigenvalue weighted by molar-refractivity contribution is -0.113. The van der Waals surface area contributed by atoms with E-state index in [-0.39, 0.29) is 16.6 Å². The van der Waals surface area contributed by atoms with Gasteiger partial charge in [0.15, 0.2) is 10.8 Å². The normalized spacial score (nSPS) is 11.9. The van der Waals surface area contributed by atoms with Crippen LogP contribution in [0.5, 0.6) is 0 Å². The van der Waals surface area contributed by atoms with Gasteiger partial charge in [0, 0.05) is 26.0 Å². The third-order valence-electron chi connectivity index (χ3n) is 3.85. The molecule has 8 nitrogen and oxygen atoms in total. The Labute approximate surface area is 161 Å². The number of carbonyl (C=O) groups excluding carboxylic acids is 1. The zero-order valence-corrected chi connectivity index (χ0v) is 16.7. The van der Waals surface area contributed by atoms with Crippen LogP contribution < -0.4 is 5.32 Å². The van der Waals surface area contributed by atoms with E-state index in [0.717, 1.165) is 4.31 Å². The summed E-state index contributed by atoms with van der Waals surface area (Å²) in [5.74, 6) is -0.135. The summed E-state index contributed by atoms with van der Waals surface area (Å²) in [4.78, 5) is 12.4. The molecule has 0 spiro atoms. The maximum atomic E-state index is 12.4. The summed E-state index contributed by atoms with van der Waals surface area (Å²) in [6, 6.07) is 10.4. The van der Waals surface area contributed by atoms with E-state index in [4.69, 9.17) is 0 Å². The number of hydrogen-bond acceptors (Lipinski definition) is 6. The van der Waals surface area contributed by atoms with E-state index >= 15 is 0 Å². The molecule has 10 heteroatoms. The van der Waals surface area contributed by atoms with Crippen molar-refractivity contribution < 1.29 is 13.2 Å². The van der Waals surface area contributed by atoms with Crippen molar-refractivity contribution in [2.75, 3.05) is 25.2 Å².